The number of rotatable bonds is 10. The van der Waals surface area contributed by atoms with Gasteiger partial charge in [-0.3, -0.25) is 24.6 Å². The molecule has 3 amide bonds. The molecule has 1 unspecified atom stereocenters. The van der Waals surface area contributed by atoms with Crippen molar-refractivity contribution < 1.29 is 23.3 Å². The molecule has 0 bridgehead atoms. The average Bonchev–Trinajstić information content (AvgIpc) is 3.59. The summed E-state index contributed by atoms with van der Waals surface area (Å²) in [5.41, 5.74) is 6.37. The van der Waals surface area contributed by atoms with Gasteiger partial charge in [-0.15, -0.1) is 11.3 Å². The molecule has 2 aromatic carbocycles. The van der Waals surface area contributed by atoms with Gasteiger partial charge in [-0.2, -0.15) is 0 Å². The van der Waals surface area contributed by atoms with Gasteiger partial charge in [0.25, 0.3) is 5.91 Å². The predicted molar refractivity (Wildman–Crippen MR) is 153 cm³/mol. The van der Waals surface area contributed by atoms with Crippen molar-refractivity contribution in [3.05, 3.63) is 82.0 Å². The Bertz CT molecular complexity index is 1510. The van der Waals surface area contributed by atoms with Gasteiger partial charge in [0, 0.05) is 43.9 Å². The fourth-order valence-corrected chi connectivity index (χ4v) is 6.03. The second-order valence-electron chi connectivity index (χ2n) is 9.38. The number of nitrogen functional groups attached to an aromatic ring is 1. The first-order chi connectivity index (χ1) is 19.0. The van der Waals surface area contributed by atoms with Crippen LogP contribution in [0, 0.1) is 10.2 Å². The zero-order chi connectivity index (χ0) is 28.9. The van der Waals surface area contributed by atoms with Crippen molar-refractivity contribution in [2.24, 2.45) is 5.73 Å². The van der Waals surface area contributed by atoms with E-state index in [-0.39, 0.29) is 31.9 Å². The van der Waals surface area contributed by atoms with Crippen LogP contribution in [0.15, 0.2) is 66.0 Å². The van der Waals surface area contributed by atoms with Gasteiger partial charge in [0.2, 0.25) is 11.8 Å². The van der Waals surface area contributed by atoms with Gasteiger partial charge in [0.15, 0.2) is 0 Å². The highest BCUT2D eigenvalue weighted by Gasteiger charge is 2.42. The summed E-state index contributed by atoms with van der Waals surface area (Å²) >= 11 is 1.34. The van der Waals surface area contributed by atoms with Crippen molar-refractivity contribution in [2.75, 3.05) is 19.3 Å². The SMILES string of the molecule is CS(=N)(=O)[C@@H]1C[C@@H](C(=O)NCc2cc(C(=N)N)cs2)N(C(=O)CNC(=O)c2ccc(Oc3ccccc3)cc2)C1. The normalized spacial score (nSPS) is 18.0. The molecule has 13 heteroatoms. The minimum Gasteiger partial charge on any atom is -0.457 e. The number of likely N-dealkylation sites (tertiary alicyclic amines) is 1. The Labute approximate surface area is 236 Å². The van der Waals surface area contributed by atoms with Crippen LogP contribution in [0.5, 0.6) is 11.5 Å². The van der Waals surface area contributed by atoms with E-state index in [1.165, 1.54) is 22.5 Å². The zero-order valence-corrected chi connectivity index (χ0v) is 23.3. The number of carbonyl (C=O) groups is 3. The summed E-state index contributed by atoms with van der Waals surface area (Å²) in [5, 5.41) is 13.9. The van der Waals surface area contributed by atoms with E-state index in [2.05, 4.69) is 10.6 Å². The molecular weight excluding hydrogens is 552 g/mol. The molecule has 210 valence electrons. The van der Waals surface area contributed by atoms with Crippen molar-refractivity contribution >= 4 is 44.6 Å². The number of carbonyl (C=O) groups excluding carboxylic acids is 3. The van der Waals surface area contributed by atoms with Crippen LogP contribution in [-0.4, -0.2) is 63.3 Å². The lowest BCUT2D eigenvalue weighted by Crippen LogP contribution is -2.48. The van der Waals surface area contributed by atoms with Crippen molar-refractivity contribution in [1.29, 1.82) is 10.2 Å². The fraction of sp³-hybridized carbons (Fsp3) is 0.259. The average molecular weight is 583 g/mol. The molecule has 0 saturated carbocycles. The predicted octanol–water partition coefficient (Wildman–Crippen LogP) is 2.52. The number of amidine groups is 1. The molecular formula is C27H30N6O5S2. The monoisotopic (exact) mass is 582 g/mol. The number of ether oxygens (including phenoxy) is 1. The molecule has 1 saturated heterocycles. The molecule has 2 heterocycles. The van der Waals surface area contributed by atoms with Crippen LogP contribution in [0.1, 0.15) is 27.2 Å². The van der Waals surface area contributed by atoms with Gasteiger partial charge in [0.1, 0.15) is 23.4 Å². The molecule has 1 aliphatic heterocycles. The van der Waals surface area contributed by atoms with E-state index in [1.807, 2.05) is 30.3 Å². The highest BCUT2D eigenvalue weighted by atomic mass is 32.2. The minimum atomic E-state index is -3.02. The maximum Gasteiger partial charge on any atom is 0.251 e. The van der Waals surface area contributed by atoms with E-state index in [0.717, 1.165) is 4.88 Å². The van der Waals surface area contributed by atoms with E-state index in [4.69, 9.17) is 20.7 Å². The number of benzene rings is 2. The van der Waals surface area contributed by atoms with E-state index in [9.17, 15) is 18.6 Å². The number of thiophene rings is 1. The second-order valence-corrected chi connectivity index (χ2v) is 12.8. The number of para-hydroxylation sites is 1. The van der Waals surface area contributed by atoms with E-state index in [1.54, 1.807) is 35.7 Å². The summed E-state index contributed by atoms with van der Waals surface area (Å²) in [7, 11) is -3.02. The summed E-state index contributed by atoms with van der Waals surface area (Å²) in [6, 6.07) is 16.4. The lowest BCUT2D eigenvalue weighted by molar-refractivity contribution is -0.137. The maximum absolute atomic E-state index is 13.1. The Hall–Kier alpha value is -4.23. The number of nitrogens with two attached hydrogens (primary N) is 1. The van der Waals surface area contributed by atoms with Gasteiger partial charge < -0.3 is 26.0 Å². The number of nitrogens with zero attached hydrogens (tertiary/aromatic N) is 1. The summed E-state index contributed by atoms with van der Waals surface area (Å²) in [6.07, 6.45) is 1.37. The molecule has 0 radical (unpaired) electrons. The summed E-state index contributed by atoms with van der Waals surface area (Å²) < 4.78 is 26.2. The first-order valence-electron chi connectivity index (χ1n) is 12.3. The third kappa shape index (κ3) is 7.24. The molecule has 1 fully saturated rings. The molecule has 4 rings (SSSR count). The van der Waals surface area contributed by atoms with Crippen LogP contribution in [0.2, 0.25) is 0 Å². The van der Waals surface area contributed by atoms with Crippen LogP contribution in [0.25, 0.3) is 0 Å². The molecule has 40 heavy (non-hydrogen) atoms. The van der Waals surface area contributed by atoms with Crippen molar-refractivity contribution in [3.63, 3.8) is 0 Å². The largest absolute Gasteiger partial charge is 0.457 e. The van der Waals surface area contributed by atoms with Crippen LogP contribution < -0.4 is 21.1 Å². The summed E-state index contributed by atoms with van der Waals surface area (Å²) in [5.74, 6) is -0.301. The van der Waals surface area contributed by atoms with Gasteiger partial charge in [-0.25, -0.2) is 4.21 Å². The number of amides is 3. The second kappa shape index (κ2) is 12.3. The maximum atomic E-state index is 13.1. The van der Waals surface area contributed by atoms with E-state index >= 15 is 0 Å². The Morgan fingerprint density at radius 1 is 1.07 bits per heavy atom. The van der Waals surface area contributed by atoms with Crippen LogP contribution in [-0.2, 0) is 25.9 Å². The molecule has 1 aromatic heterocycles. The van der Waals surface area contributed by atoms with Gasteiger partial charge in [-0.1, -0.05) is 18.2 Å². The van der Waals surface area contributed by atoms with Crippen LogP contribution in [0.4, 0.5) is 0 Å². The van der Waals surface area contributed by atoms with Gasteiger partial charge >= 0.3 is 0 Å². The van der Waals surface area contributed by atoms with Gasteiger partial charge in [-0.05, 0) is 48.9 Å². The first kappa shape index (κ1) is 28.8. The Balaban J connectivity index is 1.36. The van der Waals surface area contributed by atoms with Gasteiger partial charge in [0.05, 0.1) is 18.3 Å². The lowest BCUT2D eigenvalue weighted by Gasteiger charge is -2.24. The van der Waals surface area contributed by atoms with E-state index < -0.39 is 38.7 Å². The molecule has 3 atom stereocenters. The topological polar surface area (TPSA) is 179 Å². The molecule has 6 N–H and O–H groups in total. The standard InChI is InChI=1S/C27H30N6O5S2/c1-40(30,37)22-12-23(27(36)31-13-21-11-18(16-39-21)25(28)29)33(15-22)24(34)14-32-26(35)17-7-9-20(10-8-17)38-19-5-3-2-4-6-19/h2-11,16,22-23,30H,12-15H2,1H3,(H3,28,29)(H,31,36)(H,32,35)/t22-,23+,40?/m1/s1. The molecule has 0 aliphatic carbocycles. The summed E-state index contributed by atoms with van der Waals surface area (Å²) in [6.45, 7) is -0.221. The quantitative estimate of drug-likeness (QED) is 0.181. The third-order valence-electron chi connectivity index (χ3n) is 6.42. The zero-order valence-electron chi connectivity index (χ0n) is 21.7. The smallest absolute Gasteiger partial charge is 0.251 e. The minimum absolute atomic E-state index is 0.0232. The number of hydrogen-bond acceptors (Lipinski definition) is 8. The third-order valence-corrected chi connectivity index (χ3v) is 8.97. The number of nitrogens with one attached hydrogen (secondary N) is 4. The highest BCUT2D eigenvalue weighted by Crippen LogP contribution is 2.25. The lowest BCUT2D eigenvalue weighted by atomic mass is 10.2. The molecule has 1 aliphatic rings. The van der Waals surface area contributed by atoms with Crippen molar-refractivity contribution in [1.82, 2.24) is 15.5 Å². The summed E-state index contributed by atoms with van der Waals surface area (Å²) in [4.78, 5) is 40.9. The highest BCUT2D eigenvalue weighted by molar-refractivity contribution is 7.92. The molecule has 0 spiro atoms. The Kier molecular flexibility index (Phi) is 8.85. The molecule has 11 nitrogen and oxygen atoms in total. The van der Waals surface area contributed by atoms with Crippen LogP contribution in [0.3, 0.4) is 0 Å². The van der Waals surface area contributed by atoms with Crippen molar-refractivity contribution in [3.8, 4) is 11.5 Å². The Morgan fingerprint density at radius 3 is 2.38 bits per heavy atom. The Morgan fingerprint density at radius 2 is 1.75 bits per heavy atom. The fourth-order valence-electron chi connectivity index (χ4n) is 4.21. The van der Waals surface area contributed by atoms with Crippen molar-refractivity contribution in [2.45, 2.75) is 24.3 Å². The molecule has 3 aromatic rings. The number of hydrogen-bond donors (Lipinski definition) is 5. The van der Waals surface area contributed by atoms with E-state index in [0.29, 0.717) is 22.6 Å². The van der Waals surface area contributed by atoms with Crippen LogP contribution >= 0.6 is 11.3 Å². The first-order valence-corrected chi connectivity index (χ1v) is 15.2.